The van der Waals surface area contributed by atoms with Gasteiger partial charge in [0, 0.05) is 20.0 Å². The van der Waals surface area contributed by atoms with E-state index in [1.807, 2.05) is 38.1 Å². The van der Waals surface area contributed by atoms with Crippen LogP contribution in [0.15, 0.2) is 61.2 Å². The van der Waals surface area contributed by atoms with Crippen LogP contribution in [-0.2, 0) is 19.1 Å². The van der Waals surface area contributed by atoms with Crippen LogP contribution in [0.2, 0.25) is 0 Å². The number of ether oxygens (including phenoxy) is 2. The molecule has 0 radical (unpaired) electrons. The molecule has 0 aromatic heterocycles. The van der Waals surface area contributed by atoms with E-state index < -0.39 is 18.1 Å². The van der Waals surface area contributed by atoms with Gasteiger partial charge in [-0.3, -0.25) is 14.5 Å². The Bertz CT molecular complexity index is 1020. The van der Waals surface area contributed by atoms with Crippen LogP contribution < -0.4 is 0 Å². The average Bonchev–Trinajstić information content (AvgIpc) is 3.14. The number of carbonyl (C=O) groups is 3. The lowest BCUT2D eigenvalue weighted by Gasteiger charge is -2.32. The molecule has 1 aliphatic carbocycles. The van der Waals surface area contributed by atoms with Crippen LogP contribution >= 0.6 is 0 Å². The quantitative estimate of drug-likeness (QED) is 0.413. The highest BCUT2D eigenvalue weighted by atomic mass is 16.6. The van der Waals surface area contributed by atoms with E-state index in [0.29, 0.717) is 0 Å². The van der Waals surface area contributed by atoms with Gasteiger partial charge in [0.1, 0.15) is 25.8 Å². The second-order valence-corrected chi connectivity index (χ2v) is 8.77. The maximum atomic E-state index is 13.1. The molecule has 0 saturated heterocycles. The van der Waals surface area contributed by atoms with Crippen molar-refractivity contribution in [2.75, 3.05) is 33.9 Å². The number of benzene rings is 2. The number of hydrogen-bond donors (Lipinski definition) is 0. The van der Waals surface area contributed by atoms with Gasteiger partial charge in [-0.05, 0) is 28.2 Å². The Morgan fingerprint density at radius 3 is 2.06 bits per heavy atom. The van der Waals surface area contributed by atoms with Crippen LogP contribution in [0.3, 0.4) is 0 Å². The van der Waals surface area contributed by atoms with Gasteiger partial charge < -0.3 is 14.4 Å². The fourth-order valence-corrected chi connectivity index (χ4v) is 4.40. The van der Waals surface area contributed by atoms with Crippen molar-refractivity contribution < 1.29 is 23.9 Å². The monoisotopic (exact) mass is 464 g/mol. The Morgan fingerprint density at radius 2 is 1.53 bits per heavy atom. The summed E-state index contributed by atoms with van der Waals surface area (Å²) in [5, 5.41) is 0. The molecule has 1 atom stereocenters. The predicted molar refractivity (Wildman–Crippen MR) is 130 cm³/mol. The van der Waals surface area contributed by atoms with Crippen LogP contribution in [0, 0.1) is 5.92 Å². The standard InChI is InChI=1S/C27H32N2O5/c1-6-15-33-24(30)16-28(4)26(31)25(18(2)3)29(5)27(32)34-17-23-21-13-9-7-11-19(21)20-12-8-10-14-22(20)23/h6-14,18,23,25H,1,15-17H2,2-5H3/t25-/m0/s1. The molecule has 0 fully saturated rings. The van der Waals surface area contributed by atoms with Crippen molar-refractivity contribution in [2.24, 2.45) is 5.92 Å². The van der Waals surface area contributed by atoms with Crippen molar-refractivity contribution in [3.8, 4) is 11.1 Å². The predicted octanol–water partition coefficient (Wildman–Crippen LogP) is 4.08. The lowest BCUT2D eigenvalue weighted by Crippen LogP contribution is -2.52. The molecule has 0 bridgehead atoms. The normalized spacial score (nSPS) is 13.0. The van der Waals surface area contributed by atoms with E-state index in [4.69, 9.17) is 9.47 Å². The number of esters is 1. The molecule has 7 heteroatoms. The van der Waals surface area contributed by atoms with Gasteiger partial charge in [-0.2, -0.15) is 0 Å². The van der Waals surface area contributed by atoms with E-state index in [1.54, 1.807) is 7.05 Å². The number of hydrogen-bond acceptors (Lipinski definition) is 5. The van der Waals surface area contributed by atoms with E-state index in [-0.39, 0.29) is 37.5 Å². The van der Waals surface area contributed by atoms with E-state index in [9.17, 15) is 14.4 Å². The number of rotatable bonds is 9. The van der Waals surface area contributed by atoms with Gasteiger partial charge >= 0.3 is 12.1 Å². The van der Waals surface area contributed by atoms with Gasteiger partial charge in [0.05, 0.1) is 0 Å². The maximum Gasteiger partial charge on any atom is 0.410 e. The largest absolute Gasteiger partial charge is 0.460 e. The molecular formula is C27H32N2O5. The summed E-state index contributed by atoms with van der Waals surface area (Å²) in [5.41, 5.74) is 4.53. The second kappa shape index (κ2) is 11.0. The minimum absolute atomic E-state index is 0.0692. The summed E-state index contributed by atoms with van der Waals surface area (Å²) in [7, 11) is 3.06. The Kier molecular flexibility index (Phi) is 8.10. The molecule has 3 rings (SSSR count). The third-order valence-corrected chi connectivity index (χ3v) is 6.03. The van der Waals surface area contributed by atoms with Crippen molar-refractivity contribution in [3.05, 3.63) is 72.3 Å². The van der Waals surface area contributed by atoms with Crippen LogP contribution in [0.4, 0.5) is 4.79 Å². The molecule has 2 aromatic rings. The zero-order valence-electron chi connectivity index (χ0n) is 20.2. The van der Waals surface area contributed by atoms with Crippen LogP contribution in [0.25, 0.3) is 11.1 Å². The van der Waals surface area contributed by atoms with E-state index in [1.165, 1.54) is 22.9 Å². The van der Waals surface area contributed by atoms with Gasteiger partial charge in [-0.25, -0.2) is 4.79 Å². The Balaban J connectivity index is 1.68. The van der Waals surface area contributed by atoms with Crippen LogP contribution in [-0.4, -0.2) is 67.7 Å². The Labute approximate surface area is 200 Å². The molecule has 2 amide bonds. The lowest BCUT2D eigenvalue weighted by atomic mass is 9.98. The van der Waals surface area contributed by atoms with Gasteiger partial charge in [-0.1, -0.05) is 75.0 Å². The van der Waals surface area contributed by atoms with Gasteiger partial charge in [-0.15, -0.1) is 0 Å². The third-order valence-electron chi connectivity index (χ3n) is 6.03. The van der Waals surface area contributed by atoms with Crippen molar-refractivity contribution >= 4 is 18.0 Å². The number of likely N-dealkylation sites (N-methyl/N-ethyl adjacent to an activating group) is 2. The molecule has 2 aromatic carbocycles. The fraction of sp³-hybridized carbons (Fsp3) is 0.370. The smallest absolute Gasteiger partial charge is 0.410 e. The average molecular weight is 465 g/mol. The molecule has 0 N–H and O–H groups in total. The summed E-state index contributed by atoms with van der Waals surface area (Å²) in [6, 6.07) is 15.4. The summed E-state index contributed by atoms with van der Waals surface area (Å²) < 4.78 is 10.7. The first kappa shape index (κ1) is 25.0. The van der Waals surface area contributed by atoms with Crippen molar-refractivity contribution in [1.82, 2.24) is 9.80 Å². The SMILES string of the molecule is C=CCOC(=O)CN(C)C(=O)[C@H](C(C)C)N(C)C(=O)OCC1c2ccccc2-c2ccccc21. The molecule has 0 heterocycles. The summed E-state index contributed by atoms with van der Waals surface area (Å²) in [6.45, 7) is 7.22. The van der Waals surface area contributed by atoms with Crippen molar-refractivity contribution in [2.45, 2.75) is 25.8 Å². The zero-order valence-corrected chi connectivity index (χ0v) is 20.2. The van der Waals surface area contributed by atoms with Gasteiger partial charge in [0.15, 0.2) is 0 Å². The summed E-state index contributed by atoms with van der Waals surface area (Å²) in [4.78, 5) is 40.5. The Morgan fingerprint density at radius 1 is 0.971 bits per heavy atom. The summed E-state index contributed by atoms with van der Waals surface area (Å²) in [6.07, 6.45) is 0.873. The fourth-order valence-electron chi connectivity index (χ4n) is 4.40. The first-order valence-corrected chi connectivity index (χ1v) is 11.4. The maximum absolute atomic E-state index is 13.1. The molecule has 0 unspecified atom stereocenters. The zero-order chi connectivity index (χ0) is 24.8. The number of fused-ring (bicyclic) bond motifs is 3. The van der Waals surface area contributed by atoms with E-state index in [0.717, 1.165) is 22.3 Å². The first-order valence-electron chi connectivity index (χ1n) is 11.4. The number of carbonyl (C=O) groups excluding carboxylic acids is 3. The van der Waals surface area contributed by atoms with Crippen LogP contribution in [0.1, 0.15) is 30.9 Å². The Hall–Kier alpha value is -3.61. The molecule has 7 nitrogen and oxygen atoms in total. The van der Waals surface area contributed by atoms with Gasteiger partial charge in [0.2, 0.25) is 5.91 Å². The second-order valence-electron chi connectivity index (χ2n) is 8.77. The molecule has 1 aliphatic rings. The minimum atomic E-state index is -0.784. The lowest BCUT2D eigenvalue weighted by molar-refractivity contribution is -0.149. The van der Waals surface area contributed by atoms with E-state index in [2.05, 4.69) is 30.8 Å². The molecule has 180 valence electrons. The van der Waals surface area contributed by atoms with Gasteiger partial charge in [0.25, 0.3) is 0 Å². The third kappa shape index (κ3) is 5.30. The summed E-state index contributed by atoms with van der Waals surface area (Å²) >= 11 is 0. The molecule has 0 saturated carbocycles. The summed E-state index contributed by atoms with van der Waals surface area (Å²) in [5.74, 6) is -1.16. The number of amides is 2. The van der Waals surface area contributed by atoms with Crippen molar-refractivity contribution in [1.29, 1.82) is 0 Å². The highest BCUT2D eigenvalue weighted by Crippen LogP contribution is 2.44. The number of nitrogens with zero attached hydrogens (tertiary/aromatic N) is 2. The highest BCUT2D eigenvalue weighted by molar-refractivity contribution is 5.88. The van der Waals surface area contributed by atoms with Crippen molar-refractivity contribution in [3.63, 3.8) is 0 Å². The molecule has 0 spiro atoms. The highest BCUT2D eigenvalue weighted by Gasteiger charge is 2.35. The van der Waals surface area contributed by atoms with Crippen LogP contribution in [0.5, 0.6) is 0 Å². The molecular weight excluding hydrogens is 432 g/mol. The first-order chi connectivity index (χ1) is 16.3. The van der Waals surface area contributed by atoms with E-state index >= 15 is 0 Å². The molecule has 34 heavy (non-hydrogen) atoms. The topological polar surface area (TPSA) is 76.2 Å². The molecule has 0 aliphatic heterocycles. The minimum Gasteiger partial charge on any atom is -0.460 e.